The maximum atomic E-state index is 13.1. The number of halogens is 1. The molecule has 0 fully saturated rings. The predicted molar refractivity (Wildman–Crippen MR) is 54.3 cm³/mol. The zero-order chi connectivity index (χ0) is 12.0. The number of benzene rings is 1. The zero-order valence-electron chi connectivity index (χ0n) is 8.37. The molecule has 1 rings (SSSR count). The van der Waals surface area contributed by atoms with Crippen molar-refractivity contribution in [2.24, 2.45) is 0 Å². The van der Waals surface area contributed by atoms with Gasteiger partial charge in [0.15, 0.2) is 0 Å². The van der Waals surface area contributed by atoms with E-state index < -0.39 is 24.4 Å². The summed E-state index contributed by atoms with van der Waals surface area (Å²) in [5.74, 6) is -1.55. The van der Waals surface area contributed by atoms with Crippen molar-refractivity contribution >= 4 is 12.0 Å². The molecule has 0 saturated heterocycles. The topological polar surface area (TPSA) is 78.4 Å². The highest BCUT2D eigenvalue weighted by molar-refractivity contribution is 5.79. The molecule has 0 bridgehead atoms. The highest BCUT2D eigenvalue weighted by Crippen LogP contribution is 2.04. The summed E-state index contributed by atoms with van der Waals surface area (Å²) >= 11 is 0. The highest BCUT2D eigenvalue weighted by atomic mass is 19.1. The average Bonchev–Trinajstić information content (AvgIpc) is 2.25. The van der Waals surface area contributed by atoms with Crippen LogP contribution in [0.15, 0.2) is 24.3 Å². The molecule has 0 spiro atoms. The summed E-state index contributed by atoms with van der Waals surface area (Å²) < 4.78 is 13.1. The molecule has 0 aliphatic rings. The first-order valence-electron chi connectivity index (χ1n) is 4.56. The summed E-state index contributed by atoms with van der Waals surface area (Å²) in [7, 11) is 0. The molecule has 2 amide bonds. The third-order valence-corrected chi connectivity index (χ3v) is 1.80. The first kappa shape index (κ1) is 12.0. The number of hydrogen-bond donors (Lipinski definition) is 3. The average molecular weight is 226 g/mol. The van der Waals surface area contributed by atoms with E-state index in [9.17, 15) is 14.0 Å². The fraction of sp³-hybridized carbons (Fsp3) is 0.200. The van der Waals surface area contributed by atoms with E-state index in [4.69, 9.17) is 5.11 Å². The molecule has 1 aromatic rings. The van der Waals surface area contributed by atoms with Gasteiger partial charge in [-0.25, -0.2) is 9.18 Å². The van der Waals surface area contributed by atoms with E-state index in [0.717, 1.165) is 0 Å². The summed E-state index contributed by atoms with van der Waals surface area (Å²) in [6.45, 7) is -0.457. The molecule has 0 saturated carbocycles. The Morgan fingerprint density at radius 1 is 1.25 bits per heavy atom. The van der Waals surface area contributed by atoms with E-state index in [2.05, 4.69) is 10.6 Å². The van der Waals surface area contributed by atoms with Gasteiger partial charge in [-0.2, -0.15) is 0 Å². The van der Waals surface area contributed by atoms with Gasteiger partial charge in [0.2, 0.25) is 0 Å². The summed E-state index contributed by atoms with van der Waals surface area (Å²) in [6, 6.07) is 5.36. The number of carbonyl (C=O) groups is 2. The maximum Gasteiger partial charge on any atom is 0.323 e. The third-order valence-electron chi connectivity index (χ3n) is 1.80. The molecule has 5 nitrogen and oxygen atoms in total. The fourth-order valence-electron chi connectivity index (χ4n) is 1.04. The van der Waals surface area contributed by atoms with Crippen LogP contribution in [-0.4, -0.2) is 23.7 Å². The molecule has 3 N–H and O–H groups in total. The van der Waals surface area contributed by atoms with Crippen molar-refractivity contribution in [1.82, 2.24) is 10.6 Å². The first-order valence-corrected chi connectivity index (χ1v) is 4.56. The molecule has 0 aliphatic heterocycles. The van der Waals surface area contributed by atoms with Crippen LogP contribution in [0.4, 0.5) is 9.18 Å². The van der Waals surface area contributed by atoms with Crippen LogP contribution in [0, 0.1) is 5.82 Å². The molecular formula is C10H11FN2O3. The maximum absolute atomic E-state index is 13.1. The molecule has 0 unspecified atom stereocenters. The van der Waals surface area contributed by atoms with Crippen LogP contribution >= 0.6 is 0 Å². The van der Waals surface area contributed by atoms with Crippen molar-refractivity contribution in [3.05, 3.63) is 35.6 Å². The minimum atomic E-state index is -1.14. The van der Waals surface area contributed by atoms with Crippen molar-refractivity contribution in [3.63, 3.8) is 0 Å². The fourth-order valence-corrected chi connectivity index (χ4v) is 1.04. The van der Waals surface area contributed by atoms with Gasteiger partial charge in [0.1, 0.15) is 12.4 Å². The summed E-state index contributed by atoms with van der Waals surface area (Å²) in [4.78, 5) is 21.2. The van der Waals surface area contributed by atoms with Crippen LogP contribution < -0.4 is 10.6 Å². The van der Waals surface area contributed by atoms with Crippen LogP contribution in [0.2, 0.25) is 0 Å². The zero-order valence-corrected chi connectivity index (χ0v) is 8.37. The number of carboxylic acids is 1. The van der Waals surface area contributed by atoms with Gasteiger partial charge in [-0.3, -0.25) is 4.79 Å². The molecule has 1 aromatic carbocycles. The Labute approximate surface area is 91.3 Å². The Morgan fingerprint density at radius 2 is 1.94 bits per heavy atom. The molecule has 0 aromatic heterocycles. The number of carbonyl (C=O) groups excluding carboxylic acids is 1. The van der Waals surface area contributed by atoms with Gasteiger partial charge in [-0.1, -0.05) is 18.2 Å². The van der Waals surface area contributed by atoms with Gasteiger partial charge in [0.25, 0.3) is 0 Å². The molecule has 0 atom stereocenters. The quantitative estimate of drug-likeness (QED) is 0.707. The number of hydrogen-bond acceptors (Lipinski definition) is 2. The van der Waals surface area contributed by atoms with Gasteiger partial charge >= 0.3 is 12.0 Å². The van der Waals surface area contributed by atoms with Gasteiger partial charge in [-0.05, 0) is 6.07 Å². The second-order valence-corrected chi connectivity index (χ2v) is 3.02. The van der Waals surface area contributed by atoms with E-state index >= 15 is 0 Å². The molecule has 16 heavy (non-hydrogen) atoms. The van der Waals surface area contributed by atoms with Crippen LogP contribution in [-0.2, 0) is 11.3 Å². The van der Waals surface area contributed by atoms with E-state index in [-0.39, 0.29) is 6.54 Å². The molecule has 0 radical (unpaired) electrons. The Kier molecular flexibility index (Phi) is 4.26. The van der Waals surface area contributed by atoms with Crippen LogP contribution in [0.3, 0.4) is 0 Å². The molecule has 6 heteroatoms. The molecular weight excluding hydrogens is 215 g/mol. The Hall–Kier alpha value is -2.11. The van der Waals surface area contributed by atoms with Crippen LogP contribution in [0.5, 0.6) is 0 Å². The number of nitrogens with one attached hydrogen (secondary N) is 2. The number of urea groups is 1. The second-order valence-electron chi connectivity index (χ2n) is 3.02. The normalized spacial score (nSPS) is 9.56. The van der Waals surface area contributed by atoms with Crippen LogP contribution in [0.1, 0.15) is 5.56 Å². The minimum Gasteiger partial charge on any atom is -0.480 e. The van der Waals surface area contributed by atoms with E-state index in [0.29, 0.717) is 5.56 Å². The minimum absolute atomic E-state index is 0.0120. The van der Waals surface area contributed by atoms with Crippen molar-refractivity contribution < 1.29 is 19.1 Å². The van der Waals surface area contributed by atoms with Gasteiger partial charge < -0.3 is 15.7 Å². The van der Waals surface area contributed by atoms with E-state index in [1.54, 1.807) is 12.1 Å². The summed E-state index contributed by atoms with van der Waals surface area (Å²) in [6.07, 6.45) is 0. The number of rotatable bonds is 4. The van der Waals surface area contributed by atoms with Crippen molar-refractivity contribution in [1.29, 1.82) is 0 Å². The lowest BCUT2D eigenvalue weighted by Crippen LogP contribution is -2.38. The lowest BCUT2D eigenvalue weighted by Gasteiger charge is -2.06. The Balaban J connectivity index is 2.37. The number of amides is 2. The van der Waals surface area contributed by atoms with Crippen molar-refractivity contribution in [3.8, 4) is 0 Å². The van der Waals surface area contributed by atoms with Gasteiger partial charge in [0.05, 0.1) is 0 Å². The second kappa shape index (κ2) is 5.69. The first-order chi connectivity index (χ1) is 7.59. The standard InChI is InChI=1S/C10H11FN2O3/c11-8-4-2-1-3-7(8)5-12-10(16)13-6-9(14)15/h1-4H,5-6H2,(H,14,15)(H2,12,13,16). The van der Waals surface area contributed by atoms with Crippen molar-refractivity contribution in [2.75, 3.05) is 6.54 Å². The molecule has 0 heterocycles. The number of carboxylic acid groups (broad SMARTS) is 1. The highest BCUT2D eigenvalue weighted by Gasteiger charge is 2.04. The lowest BCUT2D eigenvalue weighted by atomic mass is 10.2. The van der Waals surface area contributed by atoms with Gasteiger partial charge in [0, 0.05) is 12.1 Å². The predicted octanol–water partition coefficient (Wildman–Crippen LogP) is 0.709. The van der Waals surface area contributed by atoms with Gasteiger partial charge in [-0.15, -0.1) is 0 Å². The lowest BCUT2D eigenvalue weighted by molar-refractivity contribution is -0.135. The van der Waals surface area contributed by atoms with Crippen molar-refractivity contribution in [2.45, 2.75) is 6.54 Å². The van der Waals surface area contributed by atoms with E-state index in [1.807, 2.05) is 0 Å². The summed E-state index contributed by atoms with van der Waals surface area (Å²) in [5.41, 5.74) is 0.341. The Bertz CT molecular complexity index is 395. The molecule has 86 valence electrons. The van der Waals surface area contributed by atoms with Crippen LogP contribution in [0.25, 0.3) is 0 Å². The monoisotopic (exact) mass is 226 g/mol. The van der Waals surface area contributed by atoms with E-state index in [1.165, 1.54) is 12.1 Å². The summed E-state index contributed by atoms with van der Waals surface area (Å²) in [5, 5.41) is 12.7. The smallest absolute Gasteiger partial charge is 0.323 e. The third kappa shape index (κ3) is 3.95. The largest absolute Gasteiger partial charge is 0.480 e. The SMILES string of the molecule is O=C(O)CNC(=O)NCc1ccccc1F. The Morgan fingerprint density at radius 3 is 2.56 bits per heavy atom. The molecule has 0 aliphatic carbocycles. The number of aliphatic carboxylic acids is 1.